The lowest BCUT2D eigenvalue weighted by Gasteiger charge is -2.18. The number of hydrogen-bond donors (Lipinski definition) is 1. The molecule has 1 unspecified atom stereocenters. The largest absolute Gasteiger partial charge is 0.481 e. The van der Waals surface area contributed by atoms with Gasteiger partial charge in [-0.25, -0.2) is 0 Å². The molecule has 0 saturated carbocycles. The Labute approximate surface area is 261 Å². The molecule has 42 heavy (non-hydrogen) atoms. The van der Waals surface area contributed by atoms with Gasteiger partial charge in [0.1, 0.15) is 6.10 Å². The Morgan fingerprint density at radius 2 is 0.952 bits per heavy atom. The van der Waals surface area contributed by atoms with E-state index in [1.54, 1.807) is 0 Å². The molecule has 0 aliphatic heterocycles. The van der Waals surface area contributed by atoms with Crippen LogP contribution in [0.3, 0.4) is 0 Å². The van der Waals surface area contributed by atoms with Crippen molar-refractivity contribution < 1.29 is 19.4 Å². The molecule has 0 aliphatic carbocycles. The fourth-order valence-corrected chi connectivity index (χ4v) is 5.44. The Morgan fingerprint density at radius 1 is 0.524 bits per heavy atom. The number of hydrogen-bond acceptors (Lipinski definition) is 3. The quantitative estimate of drug-likeness (QED) is 0.0469. The van der Waals surface area contributed by atoms with Gasteiger partial charge in [-0.05, 0) is 64.2 Å². The summed E-state index contributed by atoms with van der Waals surface area (Å²) in [6.07, 6.45) is 42.3. The molecule has 0 aromatic heterocycles. The van der Waals surface area contributed by atoms with Crippen LogP contribution in [-0.2, 0) is 14.3 Å². The van der Waals surface area contributed by atoms with Gasteiger partial charge in [-0.3, -0.25) is 9.59 Å². The van der Waals surface area contributed by atoms with E-state index in [4.69, 9.17) is 9.84 Å². The maximum atomic E-state index is 12.4. The third-order valence-corrected chi connectivity index (χ3v) is 8.18. The first kappa shape index (κ1) is 40.4. The van der Waals surface area contributed by atoms with E-state index in [1.165, 1.54) is 103 Å². The van der Waals surface area contributed by atoms with Gasteiger partial charge in [-0.1, -0.05) is 147 Å². The number of unbranched alkanes of at least 4 members (excludes halogenated alkanes) is 20. The van der Waals surface area contributed by atoms with Crippen molar-refractivity contribution in [3.05, 3.63) is 24.3 Å². The molecule has 4 nitrogen and oxygen atoms in total. The van der Waals surface area contributed by atoms with Crippen LogP contribution in [-0.4, -0.2) is 23.1 Å². The number of carboxylic acid groups (broad SMARTS) is 1. The number of carbonyl (C=O) groups is 2. The van der Waals surface area contributed by atoms with Gasteiger partial charge < -0.3 is 9.84 Å². The van der Waals surface area contributed by atoms with Crippen LogP contribution in [0.15, 0.2) is 24.3 Å². The fourth-order valence-electron chi connectivity index (χ4n) is 5.44. The highest BCUT2D eigenvalue weighted by Crippen LogP contribution is 2.18. The maximum Gasteiger partial charge on any atom is 0.306 e. The monoisotopic (exact) mass is 591 g/mol. The molecule has 0 amide bonds. The number of carbonyl (C=O) groups excluding carboxylic acids is 1. The van der Waals surface area contributed by atoms with Crippen LogP contribution in [0.4, 0.5) is 0 Å². The lowest BCUT2D eigenvalue weighted by molar-refractivity contribution is -0.150. The molecule has 1 N–H and O–H groups in total. The minimum Gasteiger partial charge on any atom is -0.481 e. The zero-order chi connectivity index (χ0) is 30.8. The minimum atomic E-state index is -0.684. The molecule has 0 rings (SSSR count). The van der Waals surface area contributed by atoms with Gasteiger partial charge in [0.25, 0.3) is 0 Å². The Hall–Kier alpha value is -1.58. The Morgan fingerprint density at radius 3 is 1.48 bits per heavy atom. The summed E-state index contributed by atoms with van der Waals surface area (Å²) in [5.74, 6) is -0.675. The highest BCUT2D eigenvalue weighted by Gasteiger charge is 2.13. The number of esters is 1. The van der Waals surface area contributed by atoms with Gasteiger partial charge in [-0.2, -0.15) is 0 Å². The summed E-state index contributed by atoms with van der Waals surface area (Å²) in [5.41, 5.74) is 0. The van der Waals surface area contributed by atoms with Crippen LogP contribution in [0.1, 0.15) is 200 Å². The predicted molar refractivity (Wildman–Crippen MR) is 181 cm³/mol. The van der Waals surface area contributed by atoms with Crippen molar-refractivity contribution in [3.63, 3.8) is 0 Å². The average Bonchev–Trinajstić information content (AvgIpc) is 2.97. The number of allylic oxidation sites excluding steroid dienone is 4. The molecule has 0 heterocycles. The van der Waals surface area contributed by atoms with Crippen molar-refractivity contribution in [2.75, 3.05) is 0 Å². The fraction of sp³-hybridized carbons (Fsp3) is 0.842. The van der Waals surface area contributed by atoms with Crippen molar-refractivity contribution in [1.29, 1.82) is 0 Å². The number of carboxylic acids is 1. The van der Waals surface area contributed by atoms with E-state index in [1.807, 2.05) is 0 Å². The highest BCUT2D eigenvalue weighted by atomic mass is 16.5. The van der Waals surface area contributed by atoms with E-state index >= 15 is 0 Å². The maximum absolute atomic E-state index is 12.4. The number of rotatable bonds is 33. The highest BCUT2D eigenvalue weighted by molar-refractivity contribution is 5.69. The lowest BCUT2D eigenvalue weighted by Crippen LogP contribution is -2.18. The first-order valence-corrected chi connectivity index (χ1v) is 18.3. The van der Waals surface area contributed by atoms with Crippen molar-refractivity contribution in [1.82, 2.24) is 0 Å². The van der Waals surface area contributed by atoms with Gasteiger partial charge in [0.05, 0.1) is 0 Å². The summed E-state index contributed by atoms with van der Waals surface area (Å²) in [7, 11) is 0. The molecule has 0 bridgehead atoms. The van der Waals surface area contributed by atoms with Crippen LogP contribution < -0.4 is 0 Å². The molecule has 0 aromatic rings. The summed E-state index contributed by atoms with van der Waals surface area (Å²) < 4.78 is 5.89. The van der Waals surface area contributed by atoms with Gasteiger partial charge in [0, 0.05) is 12.8 Å². The summed E-state index contributed by atoms with van der Waals surface area (Å²) in [6.45, 7) is 4.45. The zero-order valence-electron chi connectivity index (χ0n) is 28.1. The predicted octanol–water partition coefficient (Wildman–Crippen LogP) is 12.4. The first-order valence-electron chi connectivity index (χ1n) is 18.3. The molecular weight excluding hydrogens is 520 g/mol. The van der Waals surface area contributed by atoms with Crippen molar-refractivity contribution in [3.8, 4) is 0 Å². The Bertz CT molecular complexity index is 639. The smallest absolute Gasteiger partial charge is 0.306 e. The standard InChI is InChI=1S/C38H70O4/c1-3-5-7-8-9-10-11-12-13-14-15-16-17-18-19-20-25-28-31-35-38(41)42-36(32-6-4-2)33-29-26-23-21-22-24-27-30-34-37(39)40/h9-10,12-13,36H,3-8,11,14-35H2,1-2H3,(H,39,40)/b10-9-,13-12-. The number of ether oxygens (including phenoxy) is 1. The molecule has 1 atom stereocenters. The second-order valence-corrected chi connectivity index (χ2v) is 12.4. The third kappa shape index (κ3) is 32.9. The molecule has 0 aliphatic rings. The molecule has 0 saturated heterocycles. The topological polar surface area (TPSA) is 63.6 Å². The van der Waals surface area contributed by atoms with E-state index in [9.17, 15) is 9.59 Å². The zero-order valence-corrected chi connectivity index (χ0v) is 28.1. The molecule has 4 heteroatoms. The van der Waals surface area contributed by atoms with E-state index in [0.29, 0.717) is 12.8 Å². The van der Waals surface area contributed by atoms with Gasteiger partial charge in [-0.15, -0.1) is 0 Å². The SMILES string of the molecule is CCCCC/C=C\C/C=C\CCCCCCCCCCCC(=O)OC(CCCC)CCCCCCCCCCC(=O)O. The number of aliphatic carboxylic acids is 1. The summed E-state index contributed by atoms with van der Waals surface area (Å²) in [4.78, 5) is 23.0. The Kier molecular flexibility index (Phi) is 32.6. The first-order chi connectivity index (χ1) is 20.6. The van der Waals surface area contributed by atoms with Gasteiger partial charge in [0.15, 0.2) is 0 Å². The van der Waals surface area contributed by atoms with Crippen molar-refractivity contribution in [2.45, 2.75) is 206 Å². The van der Waals surface area contributed by atoms with E-state index in [0.717, 1.165) is 70.6 Å². The normalized spacial score (nSPS) is 12.4. The van der Waals surface area contributed by atoms with E-state index in [-0.39, 0.29) is 12.1 Å². The van der Waals surface area contributed by atoms with Crippen LogP contribution >= 0.6 is 0 Å². The van der Waals surface area contributed by atoms with Crippen LogP contribution in [0.5, 0.6) is 0 Å². The molecule has 0 aromatic carbocycles. The minimum absolute atomic E-state index is 0.00881. The van der Waals surface area contributed by atoms with Gasteiger partial charge >= 0.3 is 11.9 Å². The second kappa shape index (κ2) is 33.9. The van der Waals surface area contributed by atoms with Crippen LogP contribution in [0.2, 0.25) is 0 Å². The molecule has 246 valence electrons. The van der Waals surface area contributed by atoms with E-state index in [2.05, 4.69) is 38.2 Å². The molecule has 0 spiro atoms. The third-order valence-electron chi connectivity index (χ3n) is 8.18. The molecular formula is C38H70O4. The summed E-state index contributed by atoms with van der Waals surface area (Å²) in [5, 5.41) is 8.68. The van der Waals surface area contributed by atoms with Crippen LogP contribution in [0, 0.1) is 0 Å². The van der Waals surface area contributed by atoms with Crippen LogP contribution in [0.25, 0.3) is 0 Å². The average molecular weight is 591 g/mol. The molecule has 0 fully saturated rings. The van der Waals surface area contributed by atoms with Gasteiger partial charge in [0.2, 0.25) is 0 Å². The summed E-state index contributed by atoms with van der Waals surface area (Å²) >= 11 is 0. The lowest BCUT2D eigenvalue weighted by atomic mass is 10.0. The Balaban J connectivity index is 3.63. The van der Waals surface area contributed by atoms with Crippen molar-refractivity contribution >= 4 is 11.9 Å². The molecule has 0 radical (unpaired) electrons. The van der Waals surface area contributed by atoms with E-state index < -0.39 is 5.97 Å². The summed E-state index contributed by atoms with van der Waals surface area (Å²) in [6, 6.07) is 0. The second-order valence-electron chi connectivity index (χ2n) is 12.4. The van der Waals surface area contributed by atoms with Crippen molar-refractivity contribution in [2.24, 2.45) is 0 Å².